The highest BCUT2D eigenvalue weighted by atomic mass is 33.1. The van der Waals surface area contributed by atoms with E-state index in [1.807, 2.05) is 59.3 Å². The summed E-state index contributed by atoms with van der Waals surface area (Å²) in [6.07, 6.45) is 8.25. The van der Waals surface area contributed by atoms with Gasteiger partial charge in [-0.2, -0.15) is 0 Å². The summed E-state index contributed by atoms with van der Waals surface area (Å²) in [6, 6.07) is 19.7. The number of nitrogens with one attached hydrogen (secondary N) is 3. The van der Waals surface area contributed by atoms with Gasteiger partial charge in [0.1, 0.15) is 0 Å². The number of rotatable bonds is 16. The second-order valence-electron chi connectivity index (χ2n) is 12.8. The smallest absolute Gasteiger partial charge is 0.287 e. The van der Waals surface area contributed by atoms with E-state index in [1.165, 1.54) is 5.56 Å². The maximum atomic E-state index is 13.0. The lowest BCUT2D eigenvalue weighted by molar-refractivity contribution is -0.116. The largest absolute Gasteiger partial charge is 0.493 e. The molecule has 0 spiro atoms. The third-order valence-corrected chi connectivity index (χ3v) is 10.9. The van der Waals surface area contributed by atoms with Crippen molar-refractivity contribution in [1.29, 1.82) is 0 Å². The summed E-state index contributed by atoms with van der Waals surface area (Å²) in [7, 11) is 6.91. The van der Waals surface area contributed by atoms with Crippen LogP contribution in [0.2, 0.25) is 0 Å². The van der Waals surface area contributed by atoms with Crippen LogP contribution in [0.5, 0.6) is 11.5 Å². The molecule has 0 fully saturated rings. The van der Waals surface area contributed by atoms with Crippen molar-refractivity contribution in [2.24, 2.45) is 12.0 Å². The molecule has 2 heterocycles. The monoisotopic (exact) mass is 728 g/mol. The normalized spacial score (nSPS) is 13.6. The summed E-state index contributed by atoms with van der Waals surface area (Å²) in [5.74, 6) is 0.969. The van der Waals surface area contributed by atoms with Gasteiger partial charge in [0.05, 0.1) is 25.4 Å². The second-order valence-corrected chi connectivity index (χ2v) is 15.9. The zero-order chi connectivity index (χ0) is 36.4. The number of fused-ring (bicyclic) bond motifs is 3. The minimum atomic E-state index is -0.330. The first-order chi connectivity index (χ1) is 24.6. The van der Waals surface area contributed by atoms with E-state index >= 15 is 0 Å². The van der Waals surface area contributed by atoms with Gasteiger partial charge in [-0.25, -0.2) is 4.98 Å². The number of hydrogen-bond acceptors (Lipinski definition) is 9. The predicted molar refractivity (Wildman–Crippen MR) is 206 cm³/mol. The number of imidazole rings is 1. The minimum Gasteiger partial charge on any atom is -0.493 e. The van der Waals surface area contributed by atoms with Crippen LogP contribution in [0, 0.1) is 0 Å². The maximum Gasteiger partial charge on any atom is 0.287 e. The van der Waals surface area contributed by atoms with Gasteiger partial charge in [-0.15, -0.1) is 0 Å². The third-order valence-electron chi connectivity index (χ3n) is 8.24. The molecule has 1 aromatic heterocycles. The molecule has 1 unspecified atom stereocenters. The van der Waals surface area contributed by atoms with Crippen molar-refractivity contribution in [3.05, 3.63) is 89.4 Å². The summed E-state index contributed by atoms with van der Waals surface area (Å²) >= 11 is 0. The van der Waals surface area contributed by atoms with E-state index < -0.39 is 0 Å². The first-order valence-corrected chi connectivity index (χ1v) is 19.2. The van der Waals surface area contributed by atoms with E-state index in [4.69, 9.17) is 9.47 Å². The van der Waals surface area contributed by atoms with Gasteiger partial charge in [-0.3, -0.25) is 19.4 Å². The zero-order valence-corrected chi connectivity index (χ0v) is 31.2. The molecule has 1 aliphatic rings. The van der Waals surface area contributed by atoms with Crippen molar-refractivity contribution < 1.29 is 23.9 Å². The summed E-state index contributed by atoms with van der Waals surface area (Å²) < 4.78 is 13.4. The van der Waals surface area contributed by atoms with Crippen LogP contribution in [0.15, 0.2) is 71.9 Å². The summed E-state index contributed by atoms with van der Waals surface area (Å²) in [4.78, 5) is 46.0. The Morgan fingerprint density at radius 2 is 1.86 bits per heavy atom. The number of amides is 3. The first kappa shape index (κ1) is 37.5. The fourth-order valence-corrected chi connectivity index (χ4v) is 8.18. The zero-order valence-electron chi connectivity index (χ0n) is 29.5. The Morgan fingerprint density at radius 3 is 2.65 bits per heavy atom. The van der Waals surface area contributed by atoms with Crippen molar-refractivity contribution in [3.8, 4) is 22.6 Å². The molecule has 268 valence electrons. The SMILES string of the molecule is COc1cc2c(cc1OCCCC(=O)Nc1cn(C)c(C(=O)NCc3cccc(CC(C)(C)SSC)c3)n1)N=CC(NC=O)Cc1ccccc1-2. The van der Waals surface area contributed by atoms with Crippen molar-refractivity contribution in [1.82, 2.24) is 20.2 Å². The van der Waals surface area contributed by atoms with Gasteiger partial charge in [-0.1, -0.05) is 70.1 Å². The lowest BCUT2D eigenvalue weighted by Crippen LogP contribution is -2.31. The molecule has 1 atom stereocenters. The Bertz CT molecular complexity index is 1890. The van der Waals surface area contributed by atoms with Crippen molar-refractivity contribution >= 4 is 57.5 Å². The molecule has 0 aliphatic carbocycles. The number of aliphatic imine (C=N–C) groups is 1. The van der Waals surface area contributed by atoms with Gasteiger partial charge < -0.3 is 30.0 Å². The molecule has 11 nitrogen and oxygen atoms in total. The van der Waals surface area contributed by atoms with Gasteiger partial charge in [0.25, 0.3) is 5.91 Å². The van der Waals surface area contributed by atoms with Gasteiger partial charge in [0.15, 0.2) is 17.3 Å². The van der Waals surface area contributed by atoms with E-state index in [0.717, 1.165) is 28.7 Å². The first-order valence-electron chi connectivity index (χ1n) is 16.7. The van der Waals surface area contributed by atoms with Crippen LogP contribution in [0.25, 0.3) is 11.1 Å². The summed E-state index contributed by atoms with van der Waals surface area (Å²) in [6.45, 7) is 5.07. The maximum absolute atomic E-state index is 13.0. The van der Waals surface area contributed by atoms with Crippen molar-refractivity contribution in [3.63, 3.8) is 0 Å². The van der Waals surface area contributed by atoms with Gasteiger partial charge in [0.2, 0.25) is 18.1 Å². The lowest BCUT2D eigenvalue weighted by Gasteiger charge is -2.22. The van der Waals surface area contributed by atoms with Crippen molar-refractivity contribution in [2.75, 3.05) is 25.3 Å². The molecule has 0 bridgehead atoms. The van der Waals surface area contributed by atoms with Gasteiger partial charge in [0, 0.05) is 48.8 Å². The molecule has 5 rings (SSSR count). The molecule has 3 aromatic carbocycles. The van der Waals surface area contributed by atoms with Gasteiger partial charge >= 0.3 is 0 Å². The van der Waals surface area contributed by atoms with E-state index in [2.05, 4.69) is 58.2 Å². The molecule has 13 heteroatoms. The highest BCUT2D eigenvalue weighted by Crippen LogP contribution is 2.42. The summed E-state index contributed by atoms with van der Waals surface area (Å²) in [5, 5.41) is 8.54. The van der Waals surface area contributed by atoms with Crippen LogP contribution in [0.1, 0.15) is 54.0 Å². The van der Waals surface area contributed by atoms with E-state index in [-0.39, 0.29) is 41.5 Å². The Morgan fingerprint density at radius 1 is 1.06 bits per heavy atom. The minimum absolute atomic E-state index is 0.0993. The number of carbonyl (C=O) groups excluding carboxylic acids is 3. The molecule has 1 aliphatic heterocycles. The molecule has 0 saturated carbocycles. The number of aromatic nitrogens is 2. The molecule has 0 saturated heterocycles. The van der Waals surface area contributed by atoms with E-state index in [0.29, 0.717) is 48.8 Å². The van der Waals surface area contributed by atoms with E-state index in [9.17, 15) is 14.4 Å². The molecule has 4 aromatic rings. The number of anilines is 1. The number of nitrogens with zero attached hydrogens (tertiary/aromatic N) is 3. The predicted octanol–water partition coefficient (Wildman–Crippen LogP) is 6.53. The number of ether oxygens (including phenoxy) is 2. The lowest BCUT2D eigenvalue weighted by atomic mass is 9.93. The van der Waals surface area contributed by atoms with Crippen LogP contribution in [-0.2, 0) is 36.0 Å². The fourth-order valence-electron chi connectivity index (χ4n) is 5.97. The molecular weight excluding hydrogens is 685 g/mol. The Hall–Kier alpha value is -4.75. The number of carbonyl (C=O) groups is 3. The quantitative estimate of drug-likeness (QED) is 0.0674. The van der Waals surface area contributed by atoms with Crippen LogP contribution >= 0.6 is 21.6 Å². The number of benzene rings is 3. The molecule has 3 amide bonds. The molecule has 3 N–H and O–H groups in total. The third kappa shape index (κ3) is 10.2. The average molecular weight is 729 g/mol. The number of methoxy groups -OCH3 is 1. The second kappa shape index (κ2) is 17.5. The average Bonchev–Trinajstić information content (AvgIpc) is 3.46. The van der Waals surface area contributed by atoms with Crippen LogP contribution in [0.4, 0.5) is 11.5 Å². The van der Waals surface area contributed by atoms with Crippen LogP contribution in [0.3, 0.4) is 0 Å². The van der Waals surface area contributed by atoms with Gasteiger partial charge in [-0.05, 0) is 67.7 Å². The summed E-state index contributed by atoms with van der Waals surface area (Å²) in [5.41, 5.74) is 5.89. The van der Waals surface area contributed by atoms with E-state index in [1.54, 1.807) is 41.9 Å². The van der Waals surface area contributed by atoms with Crippen LogP contribution in [-0.4, -0.2) is 64.8 Å². The van der Waals surface area contributed by atoms with Crippen molar-refractivity contribution in [2.45, 2.75) is 56.9 Å². The topological polar surface area (TPSA) is 136 Å². The Kier molecular flexibility index (Phi) is 12.8. The molecular formula is C38H44N6O5S2. The standard InChI is InChI=1S/C38H44N6O5S2/c1-38(2,51-50-5)20-25-10-8-11-26(16-25)21-40-37(47)36-43-34(23-44(36)3)42-35(46)14-9-15-49-33-19-31-30(18-32(33)48-4)29-13-7-6-12-27(29)17-28(22-39-31)41-24-45/h6-8,10-13,16,18-19,22-24,28H,9,14-15,17,20-21H2,1-5H3,(H,40,47)(H,41,45)(H,42,46). The molecule has 0 radical (unpaired) electrons. The fraction of sp³-hybridized carbons (Fsp3) is 0.342. The molecule has 51 heavy (non-hydrogen) atoms. The number of hydrogen-bond donors (Lipinski definition) is 3. The Balaban J connectivity index is 1.14. The highest BCUT2D eigenvalue weighted by Gasteiger charge is 2.21. The Labute approximate surface area is 306 Å². The highest BCUT2D eigenvalue weighted by molar-refractivity contribution is 8.76. The number of aryl methyl sites for hydroxylation is 1. The van der Waals surface area contributed by atoms with Crippen LogP contribution < -0.4 is 25.4 Å².